The van der Waals surface area contributed by atoms with Crippen LogP contribution in [0.5, 0.6) is 5.75 Å². The molecule has 3 aromatic rings. The van der Waals surface area contributed by atoms with E-state index >= 15 is 0 Å². The van der Waals surface area contributed by atoms with Crippen LogP contribution in [0.3, 0.4) is 0 Å². The number of carbonyl (C=O) groups is 2. The van der Waals surface area contributed by atoms with Crippen LogP contribution in [0.4, 0.5) is 5.69 Å². The molecule has 0 saturated heterocycles. The Labute approximate surface area is 214 Å². The Bertz CT molecular complexity index is 1130. The molecular formula is C22H15Br3ClN3O3. The van der Waals surface area contributed by atoms with Crippen LogP contribution in [-0.4, -0.2) is 24.6 Å². The molecule has 0 atom stereocenters. The van der Waals surface area contributed by atoms with E-state index in [-0.39, 0.29) is 18.4 Å². The Morgan fingerprint density at radius 3 is 2.22 bits per heavy atom. The van der Waals surface area contributed by atoms with E-state index in [9.17, 15) is 9.59 Å². The Morgan fingerprint density at radius 2 is 1.59 bits per heavy atom. The Kier molecular flexibility index (Phi) is 8.86. The van der Waals surface area contributed by atoms with Crippen LogP contribution in [-0.2, 0) is 4.79 Å². The van der Waals surface area contributed by atoms with Crippen LogP contribution >= 0.6 is 59.4 Å². The van der Waals surface area contributed by atoms with Crippen LogP contribution in [0.15, 0.2) is 79.2 Å². The van der Waals surface area contributed by atoms with Gasteiger partial charge in [0.25, 0.3) is 11.8 Å². The first-order chi connectivity index (χ1) is 15.3. The Balaban J connectivity index is 1.57. The number of nitrogens with one attached hydrogen (secondary N) is 2. The number of benzene rings is 3. The average Bonchev–Trinajstić information content (AvgIpc) is 2.75. The standard InChI is InChI=1S/C22H15Br3ClN3O3/c23-15-3-1-14(2-4-15)22(31)29-27-11-13-9-18(24)21(19(25)10-13)32-12-20(30)28-17-7-5-16(26)6-8-17/h1-11H,12H2,(H,28,30)(H,29,31)/b27-11+. The number of amides is 2. The van der Waals surface area contributed by atoms with Gasteiger partial charge in [0, 0.05) is 20.7 Å². The average molecular weight is 645 g/mol. The van der Waals surface area contributed by atoms with Gasteiger partial charge in [-0.15, -0.1) is 0 Å². The highest BCUT2D eigenvalue weighted by Crippen LogP contribution is 2.34. The van der Waals surface area contributed by atoms with Gasteiger partial charge in [-0.1, -0.05) is 27.5 Å². The number of nitrogens with zero attached hydrogens (tertiary/aromatic N) is 1. The van der Waals surface area contributed by atoms with Gasteiger partial charge in [0.2, 0.25) is 0 Å². The molecule has 0 radical (unpaired) electrons. The minimum atomic E-state index is -0.321. The molecule has 0 fully saturated rings. The van der Waals surface area contributed by atoms with Crippen molar-refractivity contribution in [3.05, 3.63) is 90.2 Å². The van der Waals surface area contributed by atoms with Crippen LogP contribution in [0, 0.1) is 0 Å². The van der Waals surface area contributed by atoms with Crippen molar-refractivity contribution in [2.75, 3.05) is 11.9 Å². The molecule has 0 unspecified atom stereocenters. The molecule has 32 heavy (non-hydrogen) atoms. The Morgan fingerprint density at radius 1 is 0.969 bits per heavy atom. The predicted molar refractivity (Wildman–Crippen MR) is 137 cm³/mol. The van der Waals surface area contributed by atoms with E-state index in [1.807, 2.05) is 0 Å². The van der Waals surface area contributed by atoms with Crippen LogP contribution < -0.4 is 15.5 Å². The predicted octanol–water partition coefficient (Wildman–Crippen LogP) is 6.41. The molecule has 0 aliphatic rings. The summed E-state index contributed by atoms with van der Waals surface area (Å²) in [7, 11) is 0. The molecule has 0 heterocycles. The number of hydrogen-bond donors (Lipinski definition) is 2. The van der Waals surface area contributed by atoms with Gasteiger partial charge in [-0.3, -0.25) is 9.59 Å². The molecule has 0 spiro atoms. The van der Waals surface area contributed by atoms with E-state index in [2.05, 4.69) is 63.6 Å². The molecule has 0 aliphatic heterocycles. The van der Waals surface area contributed by atoms with E-state index in [0.29, 0.717) is 36.5 Å². The highest BCUT2D eigenvalue weighted by atomic mass is 79.9. The van der Waals surface area contributed by atoms with E-state index < -0.39 is 0 Å². The number of anilines is 1. The molecule has 3 aromatic carbocycles. The maximum atomic E-state index is 12.1. The SMILES string of the molecule is O=C(COc1c(Br)cc(/C=N/NC(=O)c2ccc(Br)cc2)cc1Br)Nc1ccc(Cl)cc1. The second kappa shape index (κ2) is 11.6. The fourth-order valence-electron chi connectivity index (χ4n) is 2.49. The summed E-state index contributed by atoms with van der Waals surface area (Å²) >= 11 is 16.0. The van der Waals surface area contributed by atoms with Gasteiger partial charge in [-0.25, -0.2) is 5.43 Å². The number of halogens is 4. The molecule has 3 rings (SSSR count). The van der Waals surface area contributed by atoms with Gasteiger partial charge in [0.15, 0.2) is 6.61 Å². The maximum absolute atomic E-state index is 12.1. The van der Waals surface area contributed by atoms with Gasteiger partial charge >= 0.3 is 0 Å². The first-order valence-corrected chi connectivity index (χ1v) is 11.8. The van der Waals surface area contributed by atoms with Gasteiger partial charge in [0.05, 0.1) is 15.2 Å². The van der Waals surface area contributed by atoms with Crippen molar-refractivity contribution in [1.82, 2.24) is 5.43 Å². The van der Waals surface area contributed by atoms with Gasteiger partial charge in [-0.2, -0.15) is 5.10 Å². The molecule has 2 amide bonds. The zero-order chi connectivity index (χ0) is 23.1. The first kappa shape index (κ1) is 24.4. The summed E-state index contributed by atoms with van der Waals surface area (Å²) in [5.41, 5.74) is 4.30. The number of ether oxygens (including phenoxy) is 1. The summed E-state index contributed by atoms with van der Waals surface area (Å²) in [6.45, 7) is -0.184. The smallest absolute Gasteiger partial charge is 0.271 e. The van der Waals surface area contributed by atoms with Crippen molar-refractivity contribution < 1.29 is 14.3 Å². The molecule has 2 N–H and O–H groups in total. The highest BCUT2D eigenvalue weighted by molar-refractivity contribution is 9.11. The van der Waals surface area contributed by atoms with Gasteiger partial charge < -0.3 is 10.1 Å². The third-order valence-corrected chi connectivity index (χ3v) is 5.94. The topological polar surface area (TPSA) is 79.8 Å². The first-order valence-electron chi connectivity index (χ1n) is 9.08. The summed E-state index contributed by atoms with van der Waals surface area (Å²) in [4.78, 5) is 24.2. The van der Waals surface area contributed by atoms with Crippen LogP contribution in [0.1, 0.15) is 15.9 Å². The summed E-state index contributed by atoms with van der Waals surface area (Å²) < 4.78 is 7.76. The molecule has 0 aromatic heterocycles. The molecule has 10 heteroatoms. The lowest BCUT2D eigenvalue weighted by atomic mass is 10.2. The lowest BCUT2D eigenvalue weighted by Gasteiger charge is -2.11. The van der Waals surface area contributed by atoms with Crippen molar-refractivity contribution in [3.63, 3.8) is 0 Å². The Hall–Kier alpha value is -2.20. The number of hydrazone groups is 1. The lowest BCUT2D eigenvalue weighted by Crippen LogP contribution is -2.20. The number of rotatable bonds is 7. The zero-order valence-corrected chi connectivity index (χ0v) is 21.8. The summed E-state index contributed by atoms with van der Waals surface area (Å²) in [5.74, 6) is -0.168. The highest BCUT2D eigenvalue weighted by Gasteiger charge is 2.11. The molecular weight excluding hydrogens is 629 g/mol. The fourth-order valence-corrected chi connectivity index (χ4v) is 4.33. The molecule has 0 bridgehead atoms. The van der Waals surface area contributed by atoms with Crippen LogP contribution in [0.25, 0.3) is 0 Å². The van der Waals surface area contributed by atoms with Gasteiger partial charge in [-0.05, 0) is 98.1 Å². The molecule has 164 valence electrons. The van der Waals surface area contributed by atoms with Crippen molar-refractivity contribution in [2.45, 2.75) is 0 Å². The van der Waals surface area contributed by atoms with E-state index in [1.54, 1.807) is 60.7 Å². The summed E-state index contributed by atoms with van der Waals surface area (Å²) in [6, 6.07) is 17.2. The fraction of sp³-hybridized carbons (Fsp3) is 0.0455. The second-order valence-electron chi connectivity index (χ2n) is 6.36. The third kappa shape index (κ3) is 7.16. The zero-order valence-electron chi connectivity index (χ0n) is 16.2. The normalized spacial score (nSPS) is 10.8. The summed E-state index contributed by atoms with van der Waals surface area (Å²) in [5, 5.41) is 7.30. The molecule has 6 nitrogen and oxygen atoms in total. The monoisotopic (exact) mass is 641 g/mol. The molecule has 0 aliphatic carbocycles. The van der Waals surface area contributed by atoms with Crippen molar-refractivity contribution >= 4 is 83.1 Å². The molecule has 0 saturated carbocycles. The number of carbonyl (C=O) groups excluding carboxylic acids is 2. The minimum absolute atomic E-state index is 0.184. The third-order valence-electron chi connectivity index (χ3n) is 3.98. The summed E-state index contributed by atoms with van der Waals surface area (Å²) in [6.07, 6.45) is 1.50. The minimum Gasteiger partial charge on any atom is -0.481 e. The van der Waals surface area contributed by atoms with E-state index in [4.69, 9.17) is 16.3 Å². The van der Waals surface area contributed by atoms with Crippen molar-refractivity contribution in [2.24, 2.45) is 5.10 Å². The second-order valence-corrected chi connectivity index (χ2v) is 9.42. The van der Waals surface area contributed by atoms with Gasteiger partial charge in [0.1, 0.15) is 5.75 Å². The van der Waals surface area contributed by atoms with Crippen molar-refractivity contribution in [3.8, 4) is 5.75 Å². The number of hydrogen-bond acceptors (Lipinski definition) is 4. The maximum Gasteiger partial charge on any atom is 0.271 e. The lowest BCUT2D eigenvalue weighted by molar-refractivity contribution is -0.118. The quantitative estimate of drug-likeness (QED) is 0.231. The van der Waals surface area contributed by atoms with E-state index in [0.717, 1.165) is 4.47 Å². The van der Waals surface area contributed by atoms with Crippen molar-refractivity contribution in [1.29, 1.82) is 0 Å². The van der Waals surface area contributed by atoms with E-state index in [1.165, 1.54) is 6.21 Å². The van der Waals surface area contributed by atoms with Crippen LogP contribution in [0.2, 0.25) is 5.02 Å². The largest absolute Gasteiger partial charge is 0.481 e.